The van der Waals surface area contributed by atoms with Crippen LogP contribution in [0.5, 0.6) is 0 Å². The lowest BCUT2D eigenvalue weighted by atomic mass is 9.97. The van der Waals surface area contributed by atoms with Crippen molar-refractivity contribution in [2.75, 3.05) is 23.3 Å². The Kier molecular flexibility index (Phi) is 5.25. The average Bonchev–Trinajstić information content (AvgIpc) is 3.62. The molecular weight excluding hydrogens is 410 g/mol. The van der Waals surface area contributed by atoms with E-state index < -0.39 is 0 Å². The average molecular weight is 442 g/mol. The topological polar surface area (TPSA) is 84.1 Å². The van der Waals surface area contributed by atoms with Crippen molar-refractivity contribution in [1.82, 2.24) is 9.97 Å². The van der Waals surface area contributed by atoms with Gasteiger partial charge in [-0.25, -0.2) is 4.98 Å². The van der Waals surface area contributed by atoms with E-state index in [9.17, 15) is 4.79 Å². The summed E-state index contributed by atoms with van der Waals surface area (Å²) in [5.74, 6) is 0.861. The number of nitrogens with two attached hydrogens (primary N) is 1. The van der Waals surface area contributed by atoms with Crippen LogP contribution in [0.25, 0.3) is 22.0 Å². The first kappa shape index (κ1) is 20.6. The quantitative estimate of drug-likeness (QED) is 0.585. The number of fused-ring (bicyclic) bond motifs is 2. The van der Waals surface area contributed by atoms with Crippen LogP contribution in [0.15, 0.2) is 36.5 Å². The molecule has 0 unspecified atom stereocenters. The molecule has 3 aliphatic rings. The number of amides is 1. The van der Waals surface area contributed by atoms with Gasteiger partial charge in [0.25, 0.3) is 0 Å². The summed E-state index contributed by atoms with van der Waals surface area (Å²) in [4.78, 5) is 24.2. The first-order chi connectivity index (χ1) is 16.2. The Morgan fingerprint density at radius 3 is 2.70 bits per heavy atom. The smallest absolute Gasteiger partial charge is 0.228 e. The molecule has 2 fully saturated rings. The van der Waals surface area contributed by atoms with Gasteiger partial charge in [-0.15, -0.1) is 0 Å². The van der Waals surface area contributed by atoms with Crippen LogP contribution in [0.1, 0.15) is 49.8 Å². The number of nitrogens with zero attached hydrogens (tertiary/aromatic N) is 3. The van der Waals surface area contributed by atoms with Crippen LogP contribution in [-0.4, -0.2) is 35.0 Å². The van der Waals surface area contributed by atoms with Gasteiger partial charge in [-0.05, 0) is 85.9 Å². The summed E-state index contributed by atoms with van der Waals surface area (Å²) in [5, 5.41) is 4.19. The van der Waals surface area contributed by atoms with Gasteiger partial charge < -0.3 is 16.0 Å². The van der Waals surface area contributed by atoms with E-state index in [2.05, 4.69) is 33.4 Å². The molecule has 0 radical (unpaired) electrons. The van der Waals surface area contributed by atoms with Crippen molar-refractivity contribution < 1.29 is 4.79 Å². The predicted molar refractivity (Wildman–Crippen MR) is 132 cm³/mol. The fraction of sp³-hybridized carbons (Fsp3) is 0.444. The maximum atomic E-state index is 12.2. The molecule has 0 bridgehead atoms. The minimum atomic E-state index is 0.0812. The largest absolute Gasteiger partial charge is 0.369 e. The van der Waals surface area contributed by atoms with E-state index in [0.717, 1.165) is 61.8 Å². The second-order valence-electron chi connectivity index (χ2n) is 9.87. The normalized spacial score (nSPS) is 20.5. The number of benzene rings is 1. The van der Waals surface area contributed by atoms with E-state index in [4.69, 9.17) is 10.7 Å². The lowest BCUT2D eigenvalue weighted by molar-refractivity contribution is -0.117. The van der Waals surface area contributed by atoms with Crippen LogP contribution in [-0.2, 0) is 17.6 Å². The molecular formula is C27H31N5O. The van der Waals surface area contributed by atoms with Gasteiger partial charge in [0, 0.05) is 42.3 Å². The van der Waals surface area contributed by atoms with Gasteiger partial charge in [0.05, 0.1) is 11.2 Å². The summed E-state index contributed by atoms with van der Waals surface area (Å²) in [6.07, 6.45) is 10.6. The Morgan fingerprint density at radius 1 is 1.03 bits per heavy atom. The van der Waals surface area contributed by atoms with Crippen LogP contribution in [0.3, 0.4) is 0 Å². The van der Waals surface area contributed by atoms with Crippen LogP contribution in [0.2, 0.25) is 0 Å². The fourth-order valence-corrected chi connectivity index (χ4v) is 5.36. The molecule has 1 amide bonds. The van der Waals surface area contributed by atoms with E-state index in [1.54, 1.807) is 6.20 Å². The second kappa shape index (κ2) is 8.41. The third kappa shape index (κ3) is 4.08. The highest BCUT2D eigenvalue weighted by atomic mass is 16.2. The molecule has 3 aromatic rings. The molecule has 2 aliphatic carbocycles. The Labute approximate surface area is 194 Å². The molecule has 6 heteroatoms. The molecule has 0 spiro atoms. The van der Waals surface area contributed by atoms with Crippen molar-refractivity contribution in [2.24, 2.45) is 11.7 Å². The van der Waals surface area contributed by atoms with Crippen molar-refractivity contribution in [2.45, 2.75) is 57.4 Å². The molecule has 6 rings (SSSR count). The Hall–Kier alpha value is -2.99. The molecule has 2 aromatic heterocycles. The lowest BCUT2D eigenvalue weighted by Gasteiger charge is -2.25. The molecule has 1 saturated carbocycles. The highest BCUT2D eigenvalue weighted by Gasteiger charge is 2.30. The van der Waals surface area contributed by atoms with Crippen molar-refractivity contribution >= 4 is 28.3 Å². The van der Waals surface area contributed by atoms with Gasteiger partial charge in [0.15, 0.2) is 0 Å². The van der Waals surface area contributed by atoms with E-state index in [1.807, 2.05) is 12.1 Å². The van der Waals surface area contributed by atoms with Gasteiger partial charge in [0.1, 0.15) is 5.82 Å². The number of rotatable bonds is 4. The number of carbonyl (C=O) groups is 1. The maximum absolute atomic E-state index is 12.2. The monoisotopic (exact) mass is 441 g/mol. The zero-order valence-corrected chi connectivity index (χ0v) is 19.0. The van der Waals surface area contributed by atoms with Gasteiger partial charge >= 0.3 is 0 Å². The zero-order chi connectivity index (χ0) is 22.4. The fourth-order valence-electron chi connectivity index (χ4n) is 5.36. The molecule has 1 atom stereocenters. The number of carbonyl (C=O) groups excluding carboxylic acids is 1. The zero-order valence-electron chi connectivity index (χ0n) is 19.0. The summed E-state index contributed by atoms with van der Waals surface area (Å²) < 4.78 is 0. The number of nitrogens with one attached hydrogen (secondary N) is 1. The van der Waals surface area contributed by atoms with Crippen LogP contribution < -0.4 is 16.0 Å². The second-order valence-corrected chi connectivity index (χ2v) is 9.87. The minimum Gasteiger partial charge on any atom is -0.369 e. The summed E-state index contributed by atoms with van der Waals surface area (Å²) in [7, 11) is 0. The molecule has 33 heavy (non-hydrogen) atoms. The SMILES string of the molecule is N[C@H]1CCN(c2c3c(nc4ccc(-c5ccnc(NC(=O)C6CC6)c5)cc24)CCCCC3)C1. The first-order valence-corrected chi connectivity index (χ1v) is 12.4. The summed E-state index contributed by atoms with van der Waals surface area (Å²) in [5.41, 5.74) is 13.6. The number of aromatic nitrogens is 2. The predicted octanol–water partition coefficient (Wildman–Crippen LogP) is 4.45. The number of pyridine rings is 2. The summed E-state index contributed by atoms with van der Waals surface area (Å²) >= 11 is 0. The van der Waals surface area contributed by atoms with Gasteiger partial charge in [-0.3, -0.25) is 9.78 Å². The highest BCUT2D eigenvalue weighted by Crippen LogP contribution is 2.39. The van der Waals surface area contributed by atoms with Crippen molar-refractivity contribution in [1.29, 1.82) is 0 Å². The Balaban J connectivity index is 1.44. The van der Waals surface area contributed by atoms with E-state index >= 15 is 0 Å². The molecule has 1 aromatic carbocycles. The van der Waals surface area contributed by atoms with Crippen molar-refractivity contribution in [3.05, 3.63) is 47.8 Å². The standard InChI is InChI=1S/C27H31N5O/c28-20-11-13-32(16-20)26-21-4-2-1-3-5-23(21)30-24-9-8-18(14-22(24)26)19-10-12-29-25(15-19)31-27(33)17-6-7-17/h8-10,12,14-15,17,20H,1-7,11,13,16,28H2,(H,29,31,33)/t20-/m0/s1. The third-order valence-corrected chi connectivity index (χ3v) is 7.32. The number of hydrogen-bond donors (Lipinski definition) is 2. The lowest BCUT2D eigenvalue weighted by Crippen LogP contribution is -2.27. The van der Waals surface area contributed by atoms with E-state index in [-0.39, 0.29) is 17.9 Å². The maximum Gasteiger partial charge on any atom is 0.228 e. The van der Waals surface area contributed by atoms with Crippen LogP contribution in [0, 0.1) is 5.92 Å². The molecule has 3 heterocycles. The van der Waals surface area contributed by atoms with Gasteiger partial charge in [-0.2, -0.15) is 0 Å². The number of aryl methyl sites for hydroxylation is 1. The Morgan fingerprint density at radius 2 is 1.88 bits per heavy atom. The van der Waals surface area contributed by atoms with E-state index in [1.165, 1.54) is 41.6 Å². The number of anilines is 2. The van der Waals surface area contributed by atoms with Crippen molar-refractivity contribution in [3.8, 4) is 11.1 Å². The molecule has 3 N–H and O–H groups in total. The van der Waals surface area contributed by atoms with Crippen LogP contribution >= 0.6 is 0 Å². The summed E-state index contributed by atoms with van der Waals surface area (Å²) in [6, 6.07) is 10.8. The highest BCUT2D eigenvalue weighted by molar-refractivity contribution is 5.98. The summed E-state index contributed by atoms with van der Waals surface area (Å²) in [6.45, 7) is 1.91. The van der Waals surface area contributed by atoms with E-state index in [0.29, 0.717) is 5.82 Å². The third-order valence-electron chi connectivity index (χ3n) is 7.32. The minimum absolute atomic E-state index is 0.0812. The Bertz CT molecular complexity index is 1220. The van der Waals surface area contributed by atoms with Crippen molar-refractivity contribution in [3.63, 3.8) is 0 Å². The number of hydrogen-bond acceptors (Lipinski definition) is 5. The van der Waals surface area contributed by atoms with Gasteiger partial charge in [0.2, 0.25) is 5.91 Å². The molecule has 170 valence electrons. The molecule has 6 nitrogen and oxygen atoms in total. The molecule has 1 aliphatic heterocycles. The molecule has 1 saturated heterocycles. The van der Waals surface area contributed by atoms with Crippen LogP contribution in [0.4, 0.5) is 11.5 Å². The first-order valence-electron chi connectivity index (χ1n) is 12.4. The van der Waals surface area contributed by atoms with Gasteiger partial charge in [-0.1, -0.05) is 12.5 Å².